The van der Waals surface area contributed by atoms with Crippen LogP contribution in [0, 0.1) is 6.92 Å². The summed E-state index contributed by atoms with van der Waals surface area (Å²) in [5.74, 6) is -2.07. The molecular formula is C28H26Cl6O9. The van der Waals surface area contributed by atoms with E-state index in [0.717, 1.165) is 5.56 Å². The zero-order chi connectivity index (χ0) is 33.0. The van der Waals surface area contributed by atoms with Crippen molar-refractivity contribution in [1.29, 1.82) is 0 Å². The lowest BCUT2D eigenvalue weighted by Gasteiger charge is -2.12. The molecule has 0 aliphatic rings. The quantitative estimate of drug-likeness (QED) is 0.185. The van der Waals surface area contributed by atoms with Gasteiger partial charge in [-0.2, -0.15) is 0 Å². The van der Waals surface area contributed by atoms with Gasteiger partial charge in [0.1, 0.15) is 17.2 Å². The predicted molar refractivity (Wildman–Crippen MR) is 167 cm³/mol. The summed E-state index contributed by atoms with van der Waals surface area (Å²) in [5.41, 5.74) is 0.825. The molecule has 0 saturated heterocycles. The summed E-state index contributed by atoms with van der Waals surface area (Å²) >= 11 is 34.4. The van der Waals surface area contributed by atoms with E-state index in [1.165, 1.54) is 45.0 Å². The zero-order valence-corrected chi connectivity index (χ0v) is 27.4. The lowest BCUT2D eigenvalue weighted by Crippen LogP contribution is -2.23. The lowest BCUT2D eigenvalue weighted by atomic mass is 10.2. The molecule has 0 amide bonds. The molecule has 3 rings (SSSR count). The molecule has 3 N–H and O–H groups in total. The Morgan fingerprint density at radius 1 is 0.535 bits per heavy atom. The maximum atomic E-state index is 10.5. The number of carbonyl (C=O) groups is 3. The third-order valence-electron chi connectivity index (χ3n) is 4.96. The van der Waals surface area contributed by atoms with E-state index in [1.807, 2.05) is 6.92 Å². The molecule has 15 heteroatoms. The van der Waals surface area contributed by atoms with Crippen LogP contribution < -0.4 is 14.2 Å². The van der Waals surface area contributed by atoms with E-state index in [9.17, 15) is 14.4 Å². The molecule has 0 bridgehead atoms. The smallest absolute Gasteiger partial charge is 0.344 e. The number of carboxylic acids is 3. The maximum absolute atomic E-state index is 10.5. The minimum absolute atomic E-state index is 0.195. The van der Waals surface area contributed by atoms with Gasteiger partial charge in [0.15, 0.2) is 18.3 Å². The van der Waals surface area contributed by atoms with E-state index in [4.69, 9.17) is 99.1 Å². The number of aryl methyl sites for hydroxylation is 1. The van der Waals surface area contributed by atoms with Crippen LogP contribution in [0.15, 0.2) is 48.5 Å². The number of ether oxygens (including phenoxy) is 3. The van der Waals surface area contributed by atoms with Gasteiger partial charge in [-0.1, -0.05) is 69.6 Å². The summed E-state index contributed by atoms with van der Waals surface area (Å²) in [6, 6.07) is 12.4. The van der Waals surface area contributed by atoms with Crippen molar-refractivity contribution in [2.24, 2.45) is 0 Å². The minimum atomic E-state index is -1.09. The summed E-state index contributed by atoms with van der Waals surface area (Å²) < 4.78 is 15.3. The van der Waals surface area contributed by atoms with Crippen LogP contribution in [0.1, 0.15) is 26.3 Å². The second-order valence-electron chi connectivity index (χ2n) is 8.48. The number of carboxylic acid groups (broad SMARTS) is 3. The van der Waals surface area contributed by atoms with E-state index in [1.54, 1.807) is 24.3 Å². The van der Waals surface area contributed by atoms with Gasteiger partial charge in [0.05, 0.1) is 20.1 Å². The molecule has 0 spiro atoms. The normalized spacial score (nSPS) is 12.2. The van der Waals surface area contributed by atoms with Crippen LogP contribution in [0.3, 0.4) is 0 Å². The standard InChI is InChI=1S/C10H11ClO3.C9H7Cl3O3.C9H8Cl2O3/c1-6-5-8(11)3-4-9(6)14-7(2)10(12)13;1-4(9(13)14)15-8-3-6(11)5(10)2-7(8)12;1-5(9(12)13)14-8-3-2-6(10)4-7(8)11/h3-5,7H,1-2H3,(H,12,13);2-4H,1H3,(H,13,14);2-5H,1H3,(H,12,13). The number of benzene rings is 3. The highest BCUT2D eigenvalue weighted by atomic mass is 35.5. The van der Waals surface area contributed by atoms with Crippen LogP contribution >= 0.6 is 69.6 Å². The average Bonchev–Trinajstić information content (AvgIpc) is 2.90. The Morgan fingerprint density at radius 3 is 1.35 bits per heavy atom. The molecule has 3 aromatic carbocycles. The fourth-order valence-electron chi connectivity index (χ4n) is 2.63. The summed E-state index contributed by atoms with van der Waals surface area (Å²) in [6.07, 6.45) is -2.79. The molecule has 0 heterocycles. The van der Waals surface area contributed by atoms with Crippen molar-refractivity contribution >= 4 is 87.5 Å². The third-order valence-corrected chi connectivity index (χ3v) is 6.74. The van der Waals surface area contributed by atoms with Crippen molar-refractivity contribution in [1.82, 2.24) is 0 Å². The fourth-order valence-corrected chi connectivity index (χ4v) is 3.89. The molecule has 0 radical (unpaired) electrons. The third kappa shape index (κ3) is 13.6. The maximum Gasteiger partial charge on any atom is 0.344 e. The Hall–Kier alpha value is -2.79. The SMILES string of the molecule is CC(Oc1cc(Cl)c(Cl)cc1Cl)C(=O)O.CC(Oc1ccc(Cl)cc1Cl)C(=O)O.Cc1cc(Cl)ccc1OC(C)C(=O)O. The molecule has 3 atom stereocenters. The molecule has 234 valence electrons. The largest absolute Gasteiger partial charge is 0.479 e. The first-order chi connectivity index (χ1) is 19.9. The molecule has 3 unspecified atom stereocenters. The van der Waals surface area contributed by atoms with Gasteiger partial charge < -0.3 is 29.5 Å². The van der Waals surface area contributed by atoms with Gasteiger partial charge in [-0.3, -0.25) is 0 Å². The second kappa shape index (κ2) is 18.1. The van der Waals surface area contributed by atoms with Crippen molar-refractivity contribution in [3.8, 4) is 17.2 Å². The molecule has 0 aliphatic carbocycles. The zero-order valence-electron chi connectivity index (χ0n) is 22.9. The Balaban J connectivity index is 0.000000323. The van der Waals surface area contributed by atoms with Gasteiger partial charge in [-0.25, -0.2) is 14.4 Å². The fraction of sp³-hybridized carbons (Fsp3) is 0.250. The van der Waals surface area contributed by atoms with Crippen LogP contribution in [0.25, 0.3) is 0 Å². The van der Waals surface area contributed by atoms with E-state index < -0.39 is 36.2 Å². The molecule has 3 aromatic rings. The first-order valence-corrected chi connectivity index (χ1v) is 14.2. The molecule has 0 saturated carbocycles. The van der Waals surface area contributed by atoms with Gasteiger partial charge in [0, 0.05) is 16.1 Å². The summed E-state index contributed by atoms with van der Waals surface area (Å²) in [5, 5.41) is 28.0. The van der Waals surface area contributed by atoms with E-state index in [-0.39, 0.29) is 20.8 Å². The van der Waals surface area contributed by atoms with E-state index >= 15 is 0 Å². The minimum Gasteiger partial charge on any atom is -0.479 e. The Bertz CT molecular complexity index is 1360. The van der Waals surface area contributed by atoms with E-state index in [2.05, 4.69) is 0 Å². The first-order valence-electron chi connectivity index (χ1n) is 12.0. The topological polar surface area (TPSA) is 140 Å². The van der Waals surface area contributed by atoms with Crippen molar-refractivity contribution in [2.45, 2.75) is 46.0 Å². The second-order valence-corrected chi connectivity index (χ2v) is 11.0. The summed E-state index contributed by atoms with van der Waals surface area (Å²) in [7, 11) is 0. The number of hydrogen-bond acceptors (Lipinski definition) is 6. The Labute approximate surface area is 277 Å². The van der Waals surface area contributed by atoms with Crippen LogP contribution in [-0.4, -0.2) is 51.5 Å². The summed E-state index contributed by atoms with van der Waals surface area (Å²) in [4.78, 5) is 31.6. The highest BCUT2D eigenvalue weighted by Gasteiger charge is 2.16. The molecule has 0 aliphatic heterocycles. The van der Waals surface area contributed by atoms with Crippen LogP contribution in [0.5, 0.6) is 17.2 Å². The van der Waals surface area contributed by atoms with Crippen molar-refractivity contribution < 1.29 is 43.9 Å². The number of aliphatic carboxylic acids is 3. The highest BCUT2D eigenvalue weighted by molar-refractivity contribution is 6.43. The Kier molecular flexibility index (Phi) is 16.1. The van der Waals surface area contributed by atoms with Crippen LogP contribution in [-0.2, 0) is 14.4 Å². The van der Waals surface area contributed by atoms with Crippen LogP contribution in [0.2, 0.25) is 30.1 Å². The van der Waals surface area contributed by atoms with Gasteiger partial charge in [0.2, 0.25) is 0 Å². The molecular weight excluding hydrogens is 693 g/mol. The lowest BCUT2D eigenvalue weighted by molar-refractivity contribution is -0.145. The molecule has 9 nitrogen and oxygen atoms in total. The van der Waals surface area contributed by atoms with Gasteiger partial charge in [-0.05, 0) is 75.7 Å². The highest BCUT2D eigenvalue weighted by Crippen LogP contribution is 2.34. The van der Waals surface area contributed by atoms with Gasteiger partial charge in [0.25, 0.3) is 0 Å². The molecule has 0 fully saturated rings. The molecule has 43 heavy (non-hydrogen) atoms. The predicted octanol–water partition coefficient (Wildman–Crippen LogP) is 8.84. The van der Waals surface area contributed by atoms with Crippen molar-refractivity contribution in [3.05, 3.63) is 84.2 Å². The van der Waals surface area contributed by atoms with Crippen LogP contribution in [0.4, 0.5) is 0 Å². The van der Waals surface area contributed by atoms with E-state index in [0.29, 0.717) is 26.6 Å². The number of halogens is 6. The number of rotatable bonds is 9. The summed E-state index contributed by atoms with van der Waals surface area (Å²) in [6.45, 7) is 6.11. The number of hydrogen-bond donors (Lipinski definition) is 3. The average molecular weight is 719 g/mol. The van der Waals surface area contributed by atoms with Crippen molar-refractivity contribution in [2.75, 3.05) is 0 Å². The first kappa shape index (κ1) is 38.2. The van der Waals surface area contributed by atoms with Gasteiger partial charge in [-0.15, -0.1) is 0 Å². The Morgan fingerprint density at radius 2 is 0.907 bits per heavy atom. The van der Waals surface area contributed by atoms with Gasteiger partial charge >= 0.3 is 17.9 Å². The molecule has 0 aromatic heterocycles. The van der Waals surface area contributed by atoms with Crippen molar-refractivity contribution in [3.63, 3.8) is 0 Å². The monoisotopic (exact) mass is 716 g/mol.